The lowest BCUT2D eigenvalue weighted by Crippen LogP contribution is -2.13. The molecular formula is C20H14N4O. The normalized spacial score (nSPS) is 10.6. The van der Waals surface area contributed by atoms with Crippen LogP contribution in [-0.2, 0) is 0 Å². The third kappa shape index (κ3) is 3.07. The summed E-state index contributed by atoms with van der Waals surface area (Å²) in [4.78, 5) is 25.6. The van der Waals surface area contributed by atoms with Crippen LogP contribution >= 0.6 is 0 Å². The zero-order valence-electron chi connectivity index (χ0n) is 13.3. The molecule has 4 aromatic rings. The number of hydrogen-bond acceptors (Lipinski definition) is 4. The summed E-state index contributed by atoms with van der Waals surface area (Å²) in [7, 11) is 0. The predicted octanol–water partition coefficient (Wildman–Crippen LogP) is 3.94. The maximum atomic E-state index is 12.8. The summed E-state index contributed by atoms with van der Waals surface area (Å²) < 4.78 is 0. The fourth-order valence-electron chi connectivity index (χ4n) is 2.67. The molecule has 120 valence electrons. The van der Waals surface area contributed by atoms with E-state index in [4.69, 9.17) is 0 Å². The van der Waals surface area contributed by atoms with Gasteiger partial charge in [0.15, 0.2) is 0 Å². The van der Waals surface area contributed by atoms with Gasteiger partial charge in [-0.15, -0.1) is 0 Å². The fraction of sp³-hybridized carbons (Fsp3) is 0. The van der Waals surface area contributed by atoms with E-state index < -0.39 is 0 Å². The van der Waals surface area contributed by atoms with Crippen LogP contribution in [0.3, 0.4) is 0 Å². The van der Waals surface area contributed by atoms with E-state index in [1.807, 2.05) is 42.5 Å². The van der Waals surface area contributed by atoms with Crippen LogP contribution in [0.15, 0.2) is 79.4 Å². The third-order valence-electron chi connectivity index (χ3n) is 3.86. The Balaban J connectivity index is 1.83. The first kappa shape index (κ1) is 15.0. The van der Waals surface area contributed by atoms with Gasteiger partial charge in [-0.1, -0.05) is 18.2 Å². The molecule has 3 heterocycles. The van der Waals surface area contributed by atoms with Crippen molar-refractivity contribution in [2.24, 2.45) is 0 Å². The van der Waals surface area contributed by atoms with Crippen LogP contribution < -0.4 is 5.32 Å². The molecule has 5 heteroatoms. The topological polar surface area (TPSA) is 67.8 Å². The third-order valence-corrected chi connectivity index (χ3v) is 3.86. The van der Waals surface area contributed by atoms with Gasteiger partial charge in [-0.3, -0.25) is 14.8 Å². The van der Waals surface area contributed by atoms with Crippen molar-refractivity contribution in [3.05, 3.63) is 84.9 Å². The van der Waals surface area contributed by atoms with Crippen molar-refractivity contribution in [1.29, 1.82) is 0 Å². The number of anilines is 1. The minimum atomic E-state index is -0.193. The van der Waals surface area contributed by atoms with E-state index in [9.17, 15) is 4.79 Å². The van der Waals surface area contributed by atoms with Crippen molar-refractivity contribution in [2.75, 3.05) is 5.32 Å². The number of amides is 1. The molecule has 0 aliphatic carbocycles. The van der Waals surface area contributed by atoms with Crippen LogP contribution in [-0.4, -0.2) is 20.9 Å². The zero-order chi connectivity index (χ0) is 17.1. The average Bonchev–Trinajstić information content (AvgIpc) is 2.68. The molecular weight excluding hydrogens is 312 g/mol. The van der Waals surface area contributed by atoms with Crippen LogP contribution in [0.2, 0.25) is 0 Å². The molecule has 0 radical (unpaired) electrons. The lowest BCUT2D eigenvalue weighted by Gasteiger charge is -2.10. The molecule has 0 aliphatic rings. The first-order valence-corrected chi connectivity index (χ1v) is 7.83. The van der Waals surface area contributed by atoms with E-state index in [2.05, 4.69) is 20.3 Å². The molecule has 0 fully saturated rings. The van der Waals surface area contributed by atoms with Gasteiger partial charge >= 0.3 is 0 Å². The van der Waals surface area contributed by atoms with E-state index in [0.29, 0.717) is 11.3 Å². The van der Waals surface area contributed by atoms with E-state index in [1.165, 1.54) is 0 Å². The van der Waals surface area contributed by atoms with Gasteiger partial charge in [0, 0.05) is 29.5 Å². The lowest BCUT2D eigenvalue weighted by molar-refractivity contribution is 0.102. The Morgan fingerprint density at radius 2 is 1.72 bits per heavy atom. The Kier molecular flexibility index (Phi) is 3.88. The molecule has 1 aromatic carbocycles. The van der Waals surface area contributed by atoms with Gasteiger partial charge in [-0.2, -0.15) is 0 Å². The minimum absolute atomic E-state index is 0.193. The molecule has 1 N–H and O–H groups in total. The van der Waals surface area contributed by atoms with Gasteiger partial charge in [0.1, 0.15) is 0 Å². The van der Waals surface area contributed by atoms with Gasteiger partial charge in [-0.05, 0) is 36.4 Å². The molecule has 0 bridgehead atoms. The number of nitrogens with one attached hydrogen (secondary N) is 1. The highest BCUT2D eigenvalue weighted by Crippen LogP contribution is 2.25. The largest absolute Gasteiger partial charge is 0.321 e. The van der Waals surface area contributed by atoms with Crippen molar-refractivity contribution in [1.82, 2.24) is 15.0 Å². The van der Waals surface area contributed by atoms with Gasteiger partial charge in [0.05, 0.1) is 28.7 Å². The number of nitrogens with zero attached hydrogens (tertiary/aromatic N) is 3. The van der Waals surface area contributed by atoms with Crippen LogP contribution in [0.25, 0.3) is 22.2 Å². The Morgan fingerprint density at radius 3 is 2.52 bits per heavy atom. The van der Waals surface area contributed by atoms with Crippen molar-refractivity contribution in [2.45, 2.75) is 0 Å². The lowest BCUT2D eigenvalue weighted by atomic mass is 10.0. The Hall–Kier alpha value is -3.60. The second kappa shape index (κ2) is 6.49. The number of fused-ring (bicyclic) bond motifs is 1. The molecule has 0 saturated heterocycles. The van der Waals surface area contributed by atoms with Crippen LogP contribution in [0.4, 0.5) is 5.69 Å². The highest BCUT2D eigenvalue weighted by Gasteiger charge is 2.14. The summed E-state index contributed by atoms with van der Waals surface area (Å²) in [6.45, 7) is 0. The summed E-state index contributed by atoms with van der Waals surface area (Å²) in [5.74, 6) is -0.193. The van der Waals surface area contributed by atoms with Crippen LogP contribution in [0.1, 0.15) is 10.4 Å². The molecule has 25 heavy (non-hydrogen) atoms. The minimum Gasteiger partial charge on any atom is -0.321 e. The first-order chi connectivity index (χ1) is 12.3. The smallest absolute Gasteiger partial charge is 0.256 e. The number of benzene rings is 1. The van der Waals surface area contributed by atoms with Gasteiger partial charge < -0.3 is 5.32 Å². The summed E-state index contributed by atoms with van der Waals surface area (Å²) in [6.07, 6.45) is 6.70. The molecule has 0 spiro atoms. The van der Waals surface area contributed by atoms with Crippen molar-refractivity contribution >= 4 is 22.5 Å². The molecule has 5 nitrogen and oxygen atoms in total. The highest BCUT2D eigenvalue weighted by molar-refractivity contribution is 6.13. The summed E-state index contributed by atoms with van der Waals surface area (Å²) in [5.41, 5.74) is 3.64. The summed E-state index contributed by atoms with van der Waals surface area (Å²) in [5, 5.41) is 3.69. The highest BCUT2D eigenvalue weighted by atomic mass is 16.1. The number of hydrogen-bond donors (Lipinski definition) is 1. The summed E-state index contributed by atoms with van der Waals surface area (Å²) in [6, 6.07) is 16.8. The van der Waals surface area contributed by atoms with Crippen LogP contribution in [0.5, 0.6) is 0 Å². The van der Waals surface area contributed by atoms with E-state index >= 15 is 0 Å². The number of carbonyl (C=O) groups excluding carboxylic acids is 1. The standard InChI is InChI=1S/C20H14N4O/c25-20(23-15-4-3-9-22-13-15)17-12-19(14-7-10-21-11-8-14)24-18-6-2-1-5-16(17)18/h1-13H,(H,23,25). The Labute approximate surface area is 144 Å². The van der Waals surface area contributed by atoms with E-state index in [1.54, 1.807) is 36.9 Å². The fourth-order valence-corrected chi connectivity index (χ4v) is 2.67. The van der Waals surface area contributed by atoms with E-state index in [-0.39, 0.29) is 5.91 Å². The monoisotopic (exact) mass is 326 g/mol. The second-order valence-corrected chi connectivity index (χ2v) is 5.50. The average molecular weight is 326 g/mol. The van der Waals surface area contributed by atoms with Crippen molar-refractivity contribution in [3.8, 4) is 11.3 Å². The number of rotatable bonds is 3. The molecule has 0 atom stereocenters. The number of para-hydroxylation sites is 1. The molecule has 1 amide bonds. The number of carbonyl (C=O) groups is 1. The number of aromatic nitrogens is 3. The van der Waals surface area contributed by atoms with Crippen molar-refractivity contribution in [3.63, 3.8) is 0 Å². The predicted molar refractivity (Wildman–Crippen MR) is 97.2 cm³/mol. The second-order valence-electron chi connectivity index (χ2n) is 5.50. The van der Waals surface area contributed by atoms with E-state index in [0.717, 1.165) is 22.2 Å². The maximum absolute atomic E-state index is 12.8. The van der Waals surface area contributed by atoms with Gasteiger partial charge in [-0.25, -0.2) is 4.98 Å². The van der Waals surface area contributed by atoms with Gasteiger partial charge in [0.25, 0.3) is 5.91 Å². The Bertz CT molecular complexity index is 1030. The molecule has 0 saturated carbocycles. The van der Waals surface area contributed by atoms with Gasteiger partial charge in [0.2, 0.25) is 0 Å². The molecule has 3 aromatic heterocycles. The molecule has 4 rings (SSSR count). The molecule has 0 unspecified atom stereocenters. The maximum Gasteiger partial charge on any atom is 0.256 e. The van der Waals surface area contributed by atoms with Crippen molar-refractivity contribution < 1.29 is 4.79 Å². The quantitative estimate of drug-likeness (QED) is 0.619. The molecule has 0 aliphatic heterocycles. The first-order valence-electron chi connectivity index (χ1n) is 7.83. The number of pyridine rings is 3. The summed E-state index contributed by atoms with van der Waals surface area (Å²) >= 11 is 0. The van der Waals surface area contributed by atoms with Crippen LogP contribution in [0, 0.1) is 0 Å². The SMILES string of the molecule is O=C(Nc1cccnc1)c1cc(-c2ccncc2)nc2ccccc12. The Morgan fingerprint density at radius 1 is 0.880 bits per heavy atom. The zero-order valence-corrected chi connectivity index (χ0v) is 13.3.